The van der Waals surface area contributed by atoms with Gasteiger partial charge in [0.25, 0.3) is 0 Å². The summed E-state index contributed by atoms with van der Waals surface area (Å²) in [6.45, 7) is 1.92. The summed E-state index contributed by atoms with van der Waals surface area (Å²) in [7, 11) is 0. The molecule has 1 aliphatic carbocycles. The molecule has 2 aromatic carbocycles. The Morgan fingerprint density at radius 3 is 2.80 bits per heavy atom. The molecule has 1 unspecified atom stereocenters. The van der Waals surface area contributed by atoms with Gasteiger partial charge in [0.05, 0.1) is 0 Å². The van der Waals surface area contributed by atoms with Gasteiger partial charge in [0, 0.05) is 16.5 Å². The topological polar surface area (TPSA) is 17.1 Å². The standard InChI is InChI=1S/C18H17ClO/c1-12-14(9-5-11-17(12)19)18(20)16-10-4-7-13-6-2-3-8-15(13)16/h2-3,5-6,8-9,11,16H,4,7,10H2,1H3. The van der Waals surface area contributed by atoms with E-state index in [2.05, 4.69) is 18.2 Å². The predicted octanol–water partition coefficient (Wildman–Crippen LogP) is 4.95. The molecule has 2 aromatic rings. The fourth-order valence-corrected chi connectivity index (χ4v) is 3.26. The lowest BCUT2D eigenvalue weighted by Crippen LogP contribution is -2.19. The first-order chi connectivity index (χ1) is 9.68. The third-order valence-corrected chi connectivity index (χ3v) is 4.63. The van der Waals surface area contributed by atoms with Gasteiger partial charge in [-0.15, -0.1) is 0 Å². The fraction of sp³-hybridized carbons (Fsp3) is 0.278. The zero-order valence-electron chi connectivity index (χ0n) is 11.5. The Labute approximate surface area is 124 Å². The summed E-state index contributed by atoms with van der Waals surface area (Å²) in [5.41, 5.74) is 4.17. The Morgan fingerprint density at radius 2 is 1.95 bits per heavy atom. The van der Waals surface area contributed by atoms with E-state index in [0.29, 0.717) is 5.02 Å². The lowest BCUT2D eigenvalue weighted by molar-refractivity contribution is 0.0950. The first-order valence-corrected chi connectivity index (χ1v) is 7.43. The highest BCUT2D eigenvalue weighted by Gasteiger charge is 2.27. The molecule has 0 saturated carbocycles. The maximum Gasteiger partial charge on any atom is 0.170 e. The molecule has 0 saturated heterocycles. The molecule has 20 heavy (non-hydrogen) atoms. The highest BCUT2D eigenvalue weighted by molar-refractivity contribution is 6.32. The van der Waals surface area contributed by atoms with E-state index >= 15 is 0 Å². The molecule has 0 bridgehead atoms. The average molecular weight is 285 g/mol. The van der Waals surface area contributed by atoms with E-state index in [9.17, 15) is 4.79 Å². The van der Waals surface area contributed by atoms with Crippen molar-refractivity contribution in [2.45, 2.75) is 32.1 Å². The van der Waals surface area contributed by atoms with E-state index in [1.165, 1.54) is 11.1 Å². The van der Waals surface area contributed by atoms with Gasteiger partial charge in [0.1, 0.15) is 0 Å². The van der Waals surface area contributed by atoms with Crippen LogP contribution in [0.5, 0.6) is 0 Å². The lowest BCUT2D eigenvalue weighted by Gasteiger charge is -2.25. The molecule has 102 valence electrons. The molecule has 0 aliphatic heterocycles. The van der Waals surface area contributed by atoms with Crippen LogP contribution < -0.4 is 0 Å². The normalized spacial score (nSPS) is 17.6. The number of halogens is 1. The molecule has 1 atom stereocenters. The minimum Gasteiger partial charge on any atom is -0.293 e. The smallest absolute Gasteiger partial charge is 0.170 e. The van der Waals surface area contributed by atoms with Gasteiger partial charge in [-0.25, -0.2) is 0 Å². The van der Waals surface area contributed by atoms with Crippen LogP contribution in [0.2, 0.25) is 5.02 Å². The molecular weight excluding hydrogens is 268 g/mol. The first-order valence-electron chi connectivity index (χ1n) is 7.05. The van der Waals surface area contributed by atoms with Crippen LogP contribution >= 0.6 is 11.6 Å². The number of fused-ring (bicyclic) bond motifs is 1. The maximum absolute atomic E-state index is 12.9. The minimum absolute atomic E-state index is 0.0166. The van der Waals surface area contributed by atoms with Crippen molar-refractivity contribution < 1.29 is 4.79 Å². The van der Waals surface area contributed by atoms with Gasteiger partial charge >= 0.3 is 0 Å². The third kappa shape index (κ3) is 2.27. The number of hydrogen-bond donors (Lipinski definition) is 0. The van der Waals surface area contributed by atoms with Crippen molar-refractivity contribution in [1.82, 2.24) is 0 Å². The number of Topliss-reactive ketones (excluding diaryl/α,β-unsaturated/α-hetero) is 1. The molecule has 0 N–H and O–H groups in total. The summed E-state index contributed by atoms with van der Waals surface area (Å²) >= 11 is 6.14. The SMILES string of the molecule is Cc1c(Cl)cccc1C(=O)C1CCCc2ccccc21. The van der Waals surface area contributed by atoms with Crippen molar-refractivity contribution in [2.75, 3.05) is 0 Å². The Hall–Kier alpha value is -1.60. The molecule has 1 nitrogen and oxygen atoms in total. The van der Waals surface area contributed by atoms with E-state index in [0.717, 1.165) is 30.4 Å². The minimum atomic E-state index is -0.0166. The van der Waals surface area contributed by atoms with Crippen molar-refractivity contribution in [3.8, 4) is 0 Å². The van der Waals surface area contributed by atoms with Gasteiger partial charge < -0.3 is 0 Å². The van der Waals surface area contributed by atoms with Crippen LogP contribution in [0.25, 0.3) is 0 Å². The number of hydrogen-bond acceptors (Lipinski definition) is 1. The van der Waals surface area contributed by atoms with Crippen LogP contribution in [0.15, 0.2) is 42.5 Å². The summed E-state index contributed by atoms with van der Waals surface area (Å²) in [6.07, 6.45) is 3.09. The molecule has 3 rings (SSSR count). The van der Waals surface area contributed by atoms with Crippen LogP contribution in [-0.4, -0.2) is 5.78 Å². The second-order valence-electron chi connectivity index (χ2n) is 5.42. The second kappa shape index (κ2) is 5.41. The van der Waals surface area contributed by atoms with Crippen molar-refractivity contribution in [2.24, 2.45) is 0 Å². The van der Waals surface area contributed by atoms with Gasteiger partial charge in [-0.1, -0.05) is 48.0 Å². The number of rotatable bonds is 2. The van der Waals surface area contributed by atoms with Crippen LogP contribution in [-0.2, 0) is 6.42 Å². The van der Waals surface area contributed by atoms with Crippen LogP contribution in [0.1, 0.15) is 45.8 Å². The van der Waals surface area contributed by atoms with Gasteiger partial charge in [0.15, 0.2) is 5.78 Å². The number of aryl methyl sites for hydroxylation is 1. The molecule has 0 radical (unpaired) electrons. The van der Waals surface area contributed by atoms with Gasteiger partial charge in [-0.2, -0.15) is 0 Å². The zero-order chi connectivity index (χ0) is 14.1. The monoisotopic (exact) mass is 284 g/mol. The molecule has 1 aliphatic rings. The number of benzene rings is 2. The Kier molecular flexibility index (Phi) is 3.62. The second-order valence-corrected chi connectivity index (χ2v) is 5.83. The van der Waals surface area contributed by atoms with Crippen molar-refractivity contribution in [1.29, 1.82) is 0 Å². The largest absolute Gasteiger partial charge is 0.293 e. The molecule has 0 aromatic heterocycles. The molecule has 0 amide bonds. The number of carbonyl (C=O) groups excluding carboxylic acids is 1. The Bertz CT molecular complexity index is 660. The van der Waals surface area contributed by atoms with Crippen LogP contribution in [0.3, 0.4) is 0 Å². The quantitative estimate of drug-likeness (QED) is 0.713. The van der Waals surface area contributed by atoms with Gasteiger partial charge in [0.2, 0.25) is 0 Å². The van der Waals surface area contributed by atoms with Crippen molar-refractivity contribution in [3.05, 3.63) is 69.7 Å². The van der Waals surface area contributed by atoms with E-state index in [1.54, 1.807) is 0 Å². The summed E-state index contributed by atoms with van der Waals surface area (Å²) in [5.74, 6) is 0.189. The molecule has 0 spiro atoms. The van der Waals surface area contributed by atoms with E-state index in [4.69, 9.17) is 11.6 Å². The molecule has 0 fully saturated rings. The van der Waals surface area contributed by atoms with E-state index in [1.807, 2.05) is 31.2 Å². The predicted molar refractivity (Wildman–Crippen MR) is 82.6 cm³/mol. The fourth-order valence-electron chi connectivity index (χ4n) is 3.09. The van der Waals surface area contributed by atoms with Crippen molar-refractivity contribution >= 4 is 17.4 Å². The van der Waals surface area contributed by atoms with Gasteiger partial charge in [-0.05, 0) is 48.9 Å². The van der Waals surface area contributed by atoms with Crippen molar-refractivity contribution in [3.63, 3.8) is 0 Å². The number of ketones is 1. The molecule has 0 heterocycles. The van der Waals surface area contributed by atoms with E-state index in [-0.39, 0.29) is 11.7 Å². The Morgan fingerprint density at radius 1 is 1.15 bits per heavy atom. The van der Waals surface area contributed by atoms with Gasteiger partial charge in [-0.3, -0.25) is 4.79 Å². The summed E-state index contributed by atoms with van der Waals surface area (Å²) in [6, 6.07) is 13.9. The summed E-state index contributed by atoms with van der Waals surface area (Å²) in [4.78, 5) is 12.9. The van der Waals surface area contributed by atoms with Crippen LogP contribution in [0.4, 0.5) is 0 Å². The zero-order valence-corrected chi connectivity index (χ0v) is 12.3. The van der Waals surface area contributed by atoms with E-state index < -0.39 is 0 Å². The average Bonchev–Trinajstić information content (AvgIpc) is 2.49. The highest BCUT2D eigenvalue weighted by atomic mass is 35.5. The molecule has 2 heteroatoms. The van der Waals surface area contributed by atoms with Crippen LogP contribution in [0, 0.1) is 6.92 Å². The lowest BCUT2D eigenvalue weighted by atomic mass is 9.78. The summed E-state index contributed by atoms with van der Waals surface area (Å²) in [5, 5.41) is 0.667. The third-order valence-electron chi connectivity index (χ3n) is 4.22. The highest BCUT2D eigenvalue weighted by Crippen LogP contribution is 2.35. The Balaban J connectivity index is 2.02. The summed E-state index contributed by atoms with van der Waals surface area (Å²) < 4.78 is 0. The molecular formula is C18H17ClO. The number of carbonyl (C=O) groups is 1. The maximum atomic E-state index is 12.9. The first kappa shape index (κ1) is 13.4.